The highest BCUT2D eigenvalue weighted by molar-refractivity contribution is 7.80. The molecule has 0 fully saturated rings. The fourth-order valence-electron chi connectivity index (χ4n) is 1.29. The van der Waals surface area contributed by atoms with Crippen molar-refractivity contribution in [3.8, 4) is 0 Å². The number of hydrogen-bond donors (Lipinski definition) is 3. The number of nitrogens with one attached hydrogen (secondary N) is 3. The van der Waals surface area contributed by atoms with Crippen LogP contribution in [0.1, 0.15) is 30.1 Å². The first-order chi connectivity index (χ1) is 9.43. The molecule has 0 spiro atoms. The van der Waals surface area contributed by atoms with Crippen LogP contribution in [0.4, 0.5) is 0 Å². The van der Waals surface area contributed by atoms with Gasteiger partial charge in [0.25, 0.3) is 5.91 Å². The van der Waals surface area contributed by atoms with Crippen molar-refractivity contribution in [1.82, 2.24) is 16.2 Å². The van der Waals surface area contributed by atoms with E-state index in [1.807, 2.05) is 6.92 Å². The zero-order valence-corrected chi connectivity index (χ0v) is 13.0. The van der Waals surface area contributed by atoms with E-state index >= 15 is 0 Å². The molecule has 5 nitrogen and oxygen atoms in total. The number of carbonyl (C=O) groups excluding carboxylic acids is 2. The van der Waals surface area contributed by atoms with Gasteiger partial charge in [0.05, 0.1) is 10.6 Å². The number of rotatable bonds is 3. The lowest BCUT2D eigenvalue weighted by Gasteiger charge is -2.11. The van der Waals surface area contributed by atoms with Gasteiger partial charge in [-0.1, -0.05) is 30.1 Å². The third kappa shape index (κ3) is 5.32. The highest BCUT2D eigenvalue weighted by atomic mass is 35.5. The molecule has 1 aromatic rings. The van der Waals surface area contributed by atoms with Gasteiger partial charge in [-0.25, -0.2) is 0 Å². The summed E-state index contributed by atoms with van der Waals surface area (Å²) in [5, 5.41) is 3.02. The Morgan fingerprint density at radius 3 is 2.55 bits per heavy atom. The van der Waals surface area contributed by atoms with Gasteiger partial charge in [0.1, 0.15) is 0 Å². The number of hydrogen-bond acceptors (Lipinski definition) is 3. The van der Waals surface area contributed by atoms with E-state index < -0.39 is 5.91 Å². The lowest BCUT2D eigenvalue weighted by atomic mass is 10.2. The van der Waals surface area contributed by atoms with Crippen LogP contribution in [-0.4, -0.2) is 16.9 Å². The molecule has 3 N–H and O–H groups in total. The molecular weight excluding hydrogens is 321 g/mol. The van der Waals surface area contributed by atoms with Crippen LogP contribution in [-0.2, 0) is 4.79 Å². The first-order valence-electron chi connectivity index (χ1n) is 5.79. The Morgan fingerprint density at radius 2 is 1.95 bits per heavy atom. The van der Waals surface area contributed by atoms with E-state index in [4.69, 9.17) is 35.4 Å². The first-order valence-corrected chi connectivity index (χ1v) is 6.95. The third-order valence-corrected chi connectivity index (χ3v) is 2.95. The van der Waals surface area contributed by atoms with Crippen LogP contribution in [0.2, 0.25) is 10.0 Å². The molecule has 0 saturated carbocycles. The minimum absolute atomic E-state index is 0.0227. The van der Waals surface area contributed by atoms with E-state index in [0.29, 0.717) is 17.9 Å². The van der Waals surface area contributed by atoms with Crippen molar-refractivity contribution in [3.05, 3.63) is 33.8 Å². The van der Waals surface area contributed by atoms with E-state index in [-0.39, 0.29) is 21.6 Å². The maximum Gasteiger partial charge on any atom is 0.258 e. The smallest absolute Gasteiger partial charge is 0.258 e. The predicted molar refractivity (Wildman–Crippen MR) is 82.7 cm³/mol. The molecule has 0 unspecified atom stereocenters. The Balaban J connectivity index is 2.53. The van der Waals surface area contributed by atoms with E-state index in [0.717, 1.165) is 0 Å². The summed E-state index contributed by atoms with van der Waals surface area (Å²) in [6.07, 6.45) is 1.08. The maximum absolute atomic E-state index is 11.9. The van der Waals surface area contributed by atoms with Gasteiger partial charge < -0.3 is 0 Å². The number of thiocarbonyl (C=S) groups is 1. The molecule has 0 bridgehead atoms. The van der Waals surface area contributed by atoms with Crippen LogP contribution in [0.25, 0.3) is 0 Å². The summed E-state index contributed by atoms with van der Waals surface area (Å²) in [4.78, 5) is 23.1. The summed E-state index contributed by atoms with van der Waals surface area (Å²) in [5.41, 5.74) is 5.03. The molecule has 0 aliphatic heterocycles. The number of halogens is 2. The molecule has 0 radical (unpaired) electrons. The predicted octanol–water partition coefficient (Wildman–Crippen LogP) is 2.43. The molecule has 0 saturated heterocycles. The fraction of sp³-hybridized carbons (Fsp3) is 0.250. The molecule has 8 heteroatoms. The average molecular weight is 334 g/mol. The van der Waals surface area contributed by atoms with Crippen molar-refractivity contribution < 1.29 is 9.59 Å². The van der Waals surface area contributed by atoms with Crippen molar-refractivity contribution in [3.63, 3.8) is 0 Å². The highest BCUT2D eigenvalue weighted by Gasteiger charge is 2.12. The number of carbonyl (C=O) groups is 2. The van der Waals surface area contributed by atoms with Crippen molar-refractivity contribution >= 4 is 52.3 Å². The van der Waals surface area contributed by atoms with Gasteiger partial charge in [-0.3, -0.25) is 25.8 Å². The normalized spacial score (nSPS) is 9.75. The zero-order chi connectivity index (χ0) is 15.1. The van der Waals surface area contributed by atoms with E-state index in [2.05, 4.69) is 16.2 Å². The van der Waals surface area contributed by atoms with Gasteiger partial charge in [0, 0.05) is 11.4 Å². The molecule has 0 heterocycles. The van der Waals surface area contributed by atoms with E-state index in [9.17, 15) is 9.59 Å². The second kappa shape index (κ2) is 8.04. The molecular formula is C12H13Cl2N3O2S. The highest BCUT2D eigenvalue weighted by Crippen LogP contribution is 2.20. The molecule has 1 aromatic carbocycles. The fourth-order valence-corrected chi connectivity index (χ4v) is 1.93. The number of benzene rings is 1. The number of hydrazine groups is 1. The topological polar surface area (TPSA) is 70.2 Å². The van der Waals surface area contributed by atoms with Gasteiger partial charge in [0.2, 0.25) is 5.91 Å². The Labute approximate surface area is 132 Å². The van der Waals surface area contributed by atoms with Crippen LogP contribution < -0.4 is 16.2 Å². The summed E-state index contributed by atoms with van der Waals surface area (Å²) >= 11 is 16.5. The van der Waals surface area contributed by atoms with Gasteiger partial charge in [-0.05, 0) is 36.8 Å². The molecule has 0 atom stereocenters. The summed E-state index contributed by atoms with van der Waals surface area (Å²) < 4.78 is 0. The van der Waals surface area contributed by atoms with E-state index in [1.165, 1.54) is 12.1 Å². The van der Waals surface area contributed by atoms with Crippen LogP contribution in [0.5, 0.6) is 0 Å². The lowest BCUT2D eigenvalue weighted by Crippen LogP contribution is -2.48. The second-order valence-corrected chi connectivity index (χ2v) is 5.08. The van der Waals surface area contributed by atoms with Gasteiger partial charge >= 0.3 is 0 Å². The Hall–Kier alpha value is -1.37. The Morgan fingerprint density at radius 1 is 1.25 bits per heavy atom. The zero-order valence-electron chi connectivity index (χ0n) is 10.6. The van der Waals surface area contributed by atoms with Crippen molar-refractivity contribution in [2.45, 2.75) is 19.8 Å². The van der Waals surface area contributed by atoms with Crippen LogP contribution >= 0.6 is 35.4 Å². The molecule has 0 aliphatic rings. The molecule has 1 rings (SSSR count). The summed E-state index contributed by atoms with van der Waals surface area (Å²) in [7, 11) is 0. The first kappa shape index (κ1) is 16.7. The maximum atomic E-state index is 11.9. The largest absolute Gasteiger partial charge is 0.298 e. The monoisotopic (exact) mass is 333 g/mol. The van der Waals surface area contributed by atoms with Crippen LogP contribution in [0, 0.1) is 0 Å². The summed E-state index contributed by atoms with van der Waals surface area (Å²) in [5.74, 6) is -0.706. The van der Waals surface area contributed by atoms with Crippen molar-refractivity contribution in [2.24, 2.45) is 0 Å². The minimum atomic E-state index is -0.492. The SMILES string of the molecule is CCCC(=O)NNC(=S)NC(=O)c1ccc(Cl)cc1Cl. The van der Waals surface area contributed by atoms with E-state index in [1.54, 1.807) is 6.07 Å². The van der Waals surface area contributed by atoms with Crippen LogP contribution in [0.3, 0.4) is 0 Å². The van der Waals surface area contributed by atoms with Gasteiger partial charge in [-0.15, -0.1) is 0 Å². The lowest BCUT2D eigenvalue weighted by molar-refractivity contribution is -0.121. The molecule has 2 amide bonds. The molecule has 20 heavy (non-hydrogen) atoms. The van der Waals surface area contributed by atoms with Crippen molar-refractivity contribution in [1.29, 1.82) is 0 Å². The average Bonchev–Trinajstić information content (AvgIpc) is 2.36. The summed E-state index contributed by atoms with van der Waals surface area (Å²) in [6, 6.07) is 4.48. The Kier molecular flexibility index (Phi) is 6.70. The standard InChI is InChI=1S/C12H13Cl2N3O2S/c1-2-3-10(18)16-17-12(20)15-11(19)8-5-4-7(13)6-9(8)14/h4-6H,2-3H2,1H3,(H,16,18)(H2,15,17,19,20). The summed E-state index contributed by atoms with van der Waals surface area (Å²) in [6.45, 7) is 1.88. The molecule has 108 valence electrons. The minimum Gasteiger partial charge on any atom is -0.298 e. The van der Waals surface area contributed by atoms with Gasteiger partial charge in [-0.2, -0.15) is 0 Å². The number of amides is 2. The Bertz CT molecular complexity index is 537. The third-order valence-electron chi connectivity index (χ3n) is 2.20. The molecule has 0 aliphatic carbocycles. The van der Waals surface area contributed by atoms with Crippen LogP contribution in [0.15, 0.2) is 18.2 Å². The quantitative estimate of drug-likeness (QED) is 0.587. The van der Waals surface area contributed by atoms with Gasteiger partial charge in [0.15, 0.2) is 5.11 Å². The molecule has 0 aromatic heterocycles. The second-order valence-electron chi connectivity index (χ2n) is 3.83. The van der Waals surface area contributed by atoms with Crippen molar-refractivity contribution in [2.75, 3.05) is 0 Å².